The van der Waals surface area contributed by atoms with Crippen molar-refractivity contribution in [2.24, 2.45) is 0 Å². The molecule has 0 spiro atoms. The first kappa shape index (κ1) is 12.5. The number of benzene rings is 1. The fourth-order valence-electron chi connectivity index (χ4n) is 1.35. The first-order valence-corrected chi connectivity index (χ1v) is 6.64. The molecular formula is C11H7BrClNO2S. The Hall–Kier alpha value is -0.910. The summed E-state index contributed by atoms with van der Waals surface area (Å²) in [5.74, 6) is -1.00. The Kier molecular flexibility index (Phi) is 3.51. The summed E-state index contributed by atoms with van der Waals surface area (Å²) in [4.78, 5) is 15.7. The van der Waals surface area contributed by atoms with Gasteiger partial charge in [0, 0.05) is 14.9 Å². The van der Waals surface area contributed by atoms with Crippen LogP contribution in [-0.2, 0) is 0 Å². The van der Waals surface area contributed by atoms with E-state index in [1.54, 1.807) is 13.0 Å². The van der Waals surface area contributed by atoms with E-state index >= 15 is 0 Å². The minimum Gasteiger partial charge on any atom is -0.476 e. The Bertz CT molecular complexity index is 597. The molecule has 1 aromatic heterocycles. The molecule has 0 aliphatic heterocycles. The second-order valence-electron chi connectivity index (χ2n) is 3.36. The van der Waals surface area contributed by atoms with Crippen molar-refractivity contribution < 1.29 is 9.90 Å². The summed E-state index contributed by atoms with van der Waals surface area (Å²) in [6, 6.07) is 5.39. The molecule has 0 atom stereocenters. The summed E-state index contributed by atoms with van der Waals surface area (Å²) in [5, 5.41) is 10.2. The van der Waals surface area contributed by atoms with Crippen LogP contribution in [0.3, 0.4) is 0 Å². The van der Waals surface area contributed by atoms with Gasteiger partial charge in [-0.05, 0) is 35.0 Å². The van der Waals surface area contributed by atoms with E-state index in [-0.39, 0.29) is 5.69 Å². The molecule has 0 radical (unpaired) electrons. The van der Waals surface area contributed by atoms with Crippen molar-refractivity contribution in [2.75, 3.05) is 0 Å². The van der Waals surface area contributed by atoms with Gasteiger partial charge < -0.3 is 5.11 Å². The maximum atomic E-state index is 10.9. The monoisotopic (exact) mass is 331 g/mol. The summed E-state index contributed by atoms with van der Waals surface area (Å²) >= 11 is 10.6. The number of carbonyl (C=O) groups is 1. The highest BCUT2D eigenvalue weighted by atomic mass is 79.9. The number of carboxylic acid groups (broad SMARTS) is 1. The van der Waals surface area contributed by atoms with Crippen LogP contribution in [0.25, 0.3) is 10.6 Å². The van der Waals surface area contributed by atoms with Gasteiger partial charge in [-0.2, -0.15) is 0 Å². The second kappa shape index (κ2) is 4.76. The van der Waals surface area contributed by atoms with Crippen LogP contribution in [0.15, 0.2) is 22.7 Å². The third-order valence-corrected chi connectivity index (χ3v) is 4.40. The van der Waals surface area contributed by atoms with Crippen LogP contribution in [0.1, 0.15) is 15.4 Å². The van der Waals surface area contributed by atoms with Crippen molar-refractivity contribution in [3.8, 4) is 10.6 Å². The van der Waals surface area contributed by atoms with Crippen molar-refractivity contribution in [1.29, 1.82) is 0 Å². The fourth-order valence-corrected chi connectivity index (χ4v) is 2.75. The van der Waals surface area contributed by atoms with Gasteiger partial charge in [0.1, 0.15) is 5.01 Å². The molecule has 0 saturated heterocycles. The van der Waals surface area contributed by atoms with Crippen LogP contribution in [-0.4, -0.2) is 16.1 Å². The number of rotatable bonds is 2. The Morgan fingerprint density at radius 1 is 1.53 bits per heavy atom. The summed E-state index contributed by atoms with van der Waals surface area (Å²) in [6.45, 7) is 1.75. The number of halogens is 2. The Labute approximate surface area is 115 Å². The van der Waals surface area contributed by atoms with E-state index in [4.69, 9.17) is 16.7 Å². The largest absolute Gasteiger partial charge is 0.476 e. The third-order valence-electron chi connectivity index (χ3n) is 2.17. The molecule has 0 saturated carbocycles. The maximum Gasteiger partial charge on any atom is 0.355 e. The van der Waals surface area contributed by atoms with E-state index in [0.29, 0.717) is 14.9 Å². The predicted molar refractivity (Wildman–Crippen MR) is 72.0 cm³/mol. The third kappa shape index (κ3) is 2.51. The van der Waals surface area contributed by atoms with Gasteiger partial charge in [-0.3, -0.25) is 0 Å². The number of aromatic nitrogens is 1. The van der Waals surface area contributed by atoms with E-state index in [0.717, 1.165) is 10.0 Å². The standard InChI is InChI=1S/C11H7BrClNO2S/c1-5-9(11(15)16)14-10(17-5)6-2-3-8(13)7(12)4-6/h2-4H,1H3,(H,15,16). The molecule has 1 aromatic carbocycles. The molecule has 0 fully saturated rings. The van der Waals surface area contributed by atoms with E-state index in [9.17, 15) is 4.79 Å². The number of carboxylic acids is 1. The Balaban J connectivity index is 2.50. The lowest BCUT2D eigenvalue weighted by Crippen LogP contribution is -1.98. The molecule has 2 aromatic rings. The van der Waals surface area contributed by atoms with E-state index < -0.39 is 5.97 Å². The van der Waals surface area contributed by atoms with Crippen LogP contribution in [0.5, 0.6) is 0 Å². The lowest BCUT2D eigenvalue weighted by molar-refractivity contribution is 0.0690. The number of aryl methyl sites for hydroxylation is 1. The van der Waals surface area contributed by atoms with Gasteiger partial charge in [-0.1, -0.05) is 17.7 Å². The molecule has 6 heteroatoms. The smallest absolute Gasteiger partial charge is 0.355 e. The summed E-state index contributed by atoms with van der Waals surface area (Å²) in [5.41, 5.74) is 0.956. The minimum atomic E-state index is -1.00. The first-order valence-electron chi connectivity index (χ1n) is 4.65. The van der Waals surface area contributed by atoms with Gasteiger partial charge in [0.2, 0.25) is 0 Å². The number of hydrogen-bond donors (Lipinski definition) is 1. The van der Waals surface area contributed by atoms with Crippen LogP contribution in [0, 0.1) is 6.92 Å². The molecule has 17 heavy (non-hydrogen) atoms. The minimum absolute atomic E-state index is 0.107. The molecular weight excluding hydrogens is 326 g/mol. The average Bonchev–Trinajstić information content (AvgIpc) is 2.64. The first-order chi connectivity index (χ1) is 7.99. The zero-order chi connectivity index (χ0) is 12.6. The van der Waals surface area contributed by atoms with Gasteiger partial charge >= 0.3 is 5.97 Å². The number of thiazole rings is 1. The lowest BCUT2D eigenvalue weighted by Gasteiger charge is -1.99. The quantitative estimate of drug-likeness (QED) is 0.895. The molecule has 0 unspecified atom stereocenters. The zero-order valence-electron chi connectivity index (χ0n) is 8.70. The van der Waals surface area contributed by atoms with Gasteiger partial charge in [-0.15, -0.1) is 11.3 Å². The average molecular weight is 333 g/mol. The van der Waals surface area contributed by atoms with Crippen molar-refractivity contribution in [2.45, 2.75) is 6.92 Å². The molecule has 1 N–H and O–H groups in total. The number of nitrogens with zero attached hydrogens (tertiary/aromatic N) is 1. The zero-order valence-corrected chi connectivity index (χ0v) is 11.9. The van der Waals surface area contributed by atoms with Gasteiger partial charge in [-0.25, -0.2) is 9.78 Å². The fraction of sp³-hybridized carbons (Fsp3) is 0.0909. The highest BCUT2D eigenvalue weighted by Crippen LogP contribution is 2.32. The second-order valence-corrected chi connectivity index (χ2v) is 5.82. The number of hydrogen-bond acceptors (Lipinski definition) is 3. The summed E-state index contributed by atoms with van der Waals surface area (Å²) in [6.07, 6.45) is 0. The van der Waals surface area contributed by atoms with Gasteiger partial charge in [0.15, 0.2) is 5.69 Å². The van der Waals surface area contributed by atoms with Gasteiger partial charge in [0.05, 0.1) is 5.02 Å². The Morgan fingerprint density at radius 2 is 2.24 bits per heavy atom. The Morgan fingerprint density at radius 3 is 2.76 bits per heavy atom. The molecule has 1 heterocycles. The van der Waals surface area contributed by atoms with Crippen LogP contribution in [0.2, 0.25) is 5.02 Å². The lowest BCUT2D eigenvalue weighted by atomic mass is 10.2. The molecule has 0 bridgehead atoms. The highest BCUT2D eigenvalue weighted by molar-refractivity contribution is 9.10. The van der Waals surface area contributed by atoms with Crippen molar-refractivity contribution >= 4 is 44.8 Å². The van der Waals surface area contributed by atoms with Crippen LogP contribution in [0.4, 0.5) is 0 Å². The van der Waals surface area contributed by atoms with E-state index in [1.807, 2.05) is 12.1 Å². The summed E-state index contributed by atoms with van der Waals surface area (Å²) < 4.78 is 0.765. The normalized spacial score (nSPS) is 10.5. The molecule has 0 aliphatic rings. The SMILES string of the molecule is Cc1sc(-c2ccc(Cl)c(Br)c2)nc1C(=O)O. The summed E-state index contributed by atoms with van der Waals surface area (Å²) in [7, 11) is 0. The van der Waals surface area contributed by atoms with Crippen LogP contribution < -0.4 is 0 Å². The molecule has 3 nitrogen and oxygen atoms in total. The predicted octanol–water partition coefficient (Wildman–Crippen LogP) is 4.23. The van der Waals surface area contributed by atoms with Crippen molar-refractivity contribution in [1.82, 2.24) is 4.98 Å². The number of aromatic carboxylic acids is 1. The molecule has 0 aliphatic carbocycles. The van der Waals surface area contributed by atoms with Gasteiger partial charge in [0.25, 0.3) is 0 Å². The highest BCUT2D eigenvalue weighted by Gasteiger charge is 2.15. The van der Waals surface area contributed by atoms with Crippen molar-refractivity contribution in [3.63, 3.8) is 0 Å². The van der Waals surface area contributed by atoms with E-state index in [1.165, 1.54) is 11.3 Å². The van der Waals surface area contributed by atoms with E-state index in [2.05, 4.69) is 20.9 Å². The van der Waals surface area contributed by atoms with Crippen molar-refractivity contribution in [3.05, 3.63) is 38.3 Å². The molecule has 88 valence electrons. The maximum absolute atomic E-state index is 10.9. The molecule has 2 rings (SSSR count). The van der Waals surface area contributed by atoms with Crippen LogP contribution >= 0.6 is 38.9 Å². The molecule has 0 amide bonds. The topological polar surface area (TPSA) is 50.2 Å².